The van der Waals surface area contributed by atoms with Crippen molar-refractivity contribution in [3.63, 3.8) is 0 Å². The summed E-state index contributed by atoms with van der Waals surface area (Å²) in [5.41, 5.74) is 7.29. The molecule has 0 radical (unpaired) electrons. The second-order valence-corrected chi connectivity index (χ2v) is 5.31. The molecule has 0 saturated heterocycles. The van der Waals surface area contributed by atoms with Crippen LogP contribution in [0.15, 0.2) is 18.3 Å². The van der Waals surface area contributed by atoms with Crippen molar-refractivity contribution in [1.82, 2.24) is 9.97 Å². The lowest BCUT2D eigenvalue weighted by molar-refractivity contribution is 0.859. The normalized spacial score (nSPS) is 12.4. The number of thiazole rings is 1. The Kier molecular flexibility index (Phi) is 3.28. The zero-order chi connectivity index (χ0) is 12.4. The van der Waals surface area contributed by atoms with Crippen molar-refractivity contribution in [3.05, 3.63) is 33.9 Å². The predicted molar refractivity (Wildman–Crippen MR) is 72.3 cm³/mol. The van der Waals surface area contributed by atoms with Gasteiger partial charge in [-0.05, 0) is 32.9 Å². The average Bonchev–Trinajstić information content (AvgIpc) is 2.70. The van der Waals surface area contributed by atoms with Gasteiger partial charge in [0.15, 0.2) is 0 Å². The number of hydrogen-bond acceptors (Lipinski definition) is 5. The van der Waals surface area contributed by atoms with E-state index in [1.54, 1.807) is 11.3 Å². The third-order valence-electron chi connectivity index (χ3n) is 2.50. The number of hydrogen-bond donors (Lipinski definition) is 2. The molecule has 2 aromatic heterocycles. The van der Waals surface area contributed by atoms with Gasteiger partial charge in [0.05, 0.1) is 17.4 Å². The molecule has 0 saturated carbocycles. The average molecular weight is 248 g/mol. The number of aryl methyl sites for hydroxylation is 2. The SMILES string of the molecule is Cc1cnc(C(C)Nc2ccc(N)c(C)n2)s1. The highest BCUT2D eigenvalue weighted by Crippen LogP contribution is 2.23. The molecule has 1 atom stereocenters. The fourth-order valence-electron chi connectivity index (χ4n) is 1.51. The third-order valence-corrected chi connectivity index (χ3v) is 3.60. The van der Waals surface area contributed by atoms with Crippen LogP contribution in [-0.4, -0.2) is 9.97 Å². The Labute approximate surface area is 105 Å². The van der Waals surface area contributed by atoms with E-state index >= 15 is 0 Å². The molecule has 90 valence electrons. The van der Waals surface area contributed by atoms with Crippen molar-refractivity contribution in [2.75, 3.05) is 11.1 Å². The highest BCUT2D eigenvalue weighted by atomic mass is 32.1. The molecule has 0 aliphatic carbocycles. The van der Waals surface area contributed by atoms with Crippen LogP contribution in [0.3, 0.4) is 0 Å². The zero-order valence-corrected chi connectivity index (χ0v) is 11.0. The Bertz CT molecular complexity index is 521. The molecule has 1 unspecified atom stereocenters. The molecule has 0 bridgehead atoms. The highest BCUT2D eigenvalue weighted by molar-refractivity contribution is 7.11. The van der Waals surface area contributed by atoms with Crippen LogP contribution in [0, 0.1) is 13.8 Å². The first-order valence-corrected chi connectivity index (χ1v) is 6.30. The third kappa shape index (κ3) is 2.74. The predicted octanol–water partition coefficient (Wildman–Crippen LogP) is 2.91. The Morgan fingerprint density at radius 1 is 1.35 bits per heavy atom. The molecule has 3 N–H and O–H groups in total. The molecule has 0 aromatic carbocycles. The summed E-state index contributed by atoms with van der Waals surface area (Å²) >= 11 is 1.70. The quantitative estimate of drug-likeness (QED) is 0.876. The van der Waals surface area contributed by atoms with Crippen LogP contribution in [0.25, 0.3) is 0 Å². The van der Waals surface area contributed by atoms with Crippen LogP contribution in [0.2, 0.25) is 0 Å². The molecular formula is C12H16N4S. The molecule has 0 amide bonds. The first-order valence-electron chi connectivity index (χ1n) is 5.48. The maximum absolute atomic E-state index is 5.73. The molecule has 5 heteroatoms. The number of nitrogen functional groups attached to an aromatic ring is 1. The van der Waals surface area contributed by atoms with E-state index in [1.165, 1.54) is 4.88 Å². The summed E-state index contributed by atoms with van der Waals surface area (Å²) in [6.07, 6.45) is 1.89. The monoisotopic (exact) mass is 248 g/mol. The number of nitrogens with two attached hydrogens (primary N) is 1. The number of rotatable bonds is 3. The maximum atomic E-state index is 5.73. The topological polar surface area (TPSA) is 63.8 Å². The van der Waals surface area contributed by atoms with E-state index in [-0.39, 0.29) is 6.04 Å². The maximum Gasteiger partial charge on any atom is 0.126 e. The van der Waals surface area contributed by atoms with E-state index < -0.39 is 0 Å². The lowest BCUT2D eigenvalue weighted by Crippen LogP contribution is -2.08. The molecule has 0 spiro atoms. The van der Waals surface area contributed by atoms with Crippen LogP contribution in [-0.2, 0) is 0 Å². The molecule has 17 heavy (non-hydrogen) atoms. The van der Waals surface area contributed by atoms with Crippen LogP contribution in [0.4, 0.5) is 11.5 Å². The summed E-state index contributed by atoms with van der Waals surface area (Å²) in [6.45, 7) is 6.03. The van der Waals surface area contributed by atoms with E-state index in [2.05, 4.69) is 29.1 Å². The van der Waals surface area contributed by atoms with Gasteiger partial charge in [-0.25, -0.2) is 9.97 Å². The van der Waals surface area contributed by atoms with E-state index in [0.29, 0.717) is 5.69 Å². The summed E-state index contributed by atoms with van der Waals surface area (Å²) in [7, 11) is 0. The smallest absolute Gasteiger partial charge is 0.126 e. The van der Waals surface area contributed by atoms with Gasteiger partial charge < -0.3 is 11.1 Å². The standard InChI is InChI=1S/C12H16N4S/c1-7-6-14-12(17-7)9(3)16-11-5-4-10(13)8(2)15-11/h4-6,9H,13H2,1-3H3,(H,15,16). The number of nitrogens with zero attached hydrogens (tertiary/aromatic N) is 2. The van der Waals surface area contributed by atoms with Gasteiger partial charge in [-0.2, -0.15) is 0 Å². The van der Waals surface area contributed by atoms with Crippen molar-refractivity contribution in [2.45, 2.75) is 26.8 Å². The number of aromatic nitrogens is 2. The van der Waals surface area contributed by atoms with Gasteiger partial charge in [0.1, 0.15) is 10.8 Å². The van der Waals surface area contributed by atoms with E-state index in [1.807, 2.05) is 25.3 Å². The lowest BCUT2D eigenvalue weighted by Gasteiger charge is -2.12. The van der Waals surface area contributed by atoms with Crippen molar-refractivity contribution < 1.29 is 0 Å². The molecule has 4 nitrogen and oxygen atoms in total. The van der Waals surface area contributed by atoms with Crippen molar-refractivity contribution in [1.29, 1.82) is 0 Å². The minimum Gasteiger partial charge on any atom is -0.397 e. The second kappa shape index (κ2) is 4.71. The summed E-state index contributed by atoms with van der Waals surface area (Å²) in [5, 5.41) is 4.39. The number of nitrogens with one attached hydrogen (secondary N) is 1. The van der Waals surface area contributed by atoms with Gasteiger partial charge in [-0.1, -0.05) is 0 Å². The van der Waals surface area contributed by atoms with Gasteiger partial charge >= 0.3 is 0 Å². The van der Waals surface area contributed by atoms with Gasteiger partial charge in [0, 0.05) is 11.1 Å². The van der Waals surface area contributed by atoms with Crippen LogP contribution in [0.5, 0.6) is 0 Å². The fourth-order valence-corrected chi connectivity index (χ4v) is 2.28. The largest absolute Gasteiger partial charge is 0.397 e. The summed E-state index contributed by atoms with van der Waals surface area (Å²) < 4.78 is 0. The minimum atomic E-state index is 0.157. The Morgan fingerprint density at radius 3 is 2.71 bits per heavy atom. The van der Waals surface area contributed by atoms with Crippen LogP contribution in [0.1, 0.15) is 28.5 Å². The molecule has 2 heterocycles. The van der Waals surface area contributed by atoms with Gasteiger partial charge in [-0.15, -0.1) is 11.3 Å². The first kappa shape index (κ1) is 11.9. The summed E-state index contributed by atoms with van der Waals surface area (Å²) in [4.78, 5) is 9.96. The number of pyridine rings is 1. The van der Waals surface area contributed by atoms with Crippen LogP contribution < -0.4 is 11.1 Å². The zero-order valence-electron chi connectivity index (χ0n) is 10.2. The fraction of sp³-hybridized carbons (Fsp3) is 0.333. The summed E-state index contributed by atoms with van der Waals surface area (Å²) in [5.74, 6) is 0.831. The highest BCUT2D eigenvalue weighted by Gasteiger charge is 2.10. The molecule has 2 rings (SSSR count). The van der Waals surface area contributed by atoms with E-state index in [4.69, 9.17) is 5.73 Å². The first-order chi connectivity index (χ1) is 8.06. The molecule has 2 aromatic rings. The van der Waals surface area contributed by atoms with E-state index in [0.717, 1.165) is 16.5 Å². The Balaban J connectivity index is 2.12. The van der Waals surface area contributed by atoms with Gasteiger partial charge in [0.25, 0.3) is 0 Å². The van der Waals surface area contributed by atoms with Crippen molar-refractivity contribution in [2.24, 2.45) is 0 Å². The lowest BCUT2D eigenvalue weighted by atomic mass is 10.3. The summed E-state index contributed by atoms with van der Waals surface area (Å²) in [6, 6.07) is 3.91. The molecular weight excluding hydrogens is 232 g/mol. The van der Waals surface area contributed by atoms with Crippen molar-refractivity contribution in [3.8, 4) is 0 Å². The van der Waals surface area contributed by atoms with E-state index in [9.17, 15) is 0 Å². The molecule has 0 aliphatic heterocycles. The Hall–Kier alpha value is -1.62. The number of anilines is 2. The Morgan fingerprint density at radius 2 is 2.12 bits per heavy atom. The molecule has 0 fully saturated rings. The van der Waals surface area contributed by atoms with Crippen molar-refractivity contribution >= 4 is 22.8 Å². The van der Waals surface area contributed by atoms with Gasteiger partial charge in [0.2, 0.25) is 0 Å². The minimum absolute atomic E-state index is 0.157. The second-order valence-electron chi connectivity index (χ2n) is 4.05. The van der Waals surface area contributed by atoms with Crippen LogP contribution >= 0.6 is 11.3 Å². The molecule has 0 aliphatic rings. The van der Waals surface area contributed by atoms with Gasteiger partial charge in [-0.3, -0.25) is 0 Å².